The van der Waals surface area contributed by atoms with Crippen molar-refractivity contribution in [2.24, 2.45) is 0 Å². The molecule has 0 spiro atoms. The second-order valence-electron chi connectivity index (χ2n) is 13.3. The number of rotatable bonds is 6. The molecule has 292 valence electrons. The minimum Gasteiger partial charge on any atom is -0.507 e. The first-order chi connectivity index (χ1) is 26.4. The molecular formula is C38H32O18. The Labute approximate surface area is 313 Å². The minimum atomic E-state index is -1.50. The van der Waals surface area contributed by atoms with E-state index < -0.39 is 124 Å². The Morgan fingerprint density at radius 3 is 1.38 bits per heavy atom. The molecule has 14 N–H and O–H groups in total. The molecule has 0 fully saturated rings. The lowest BCUT2D eigenvalue weighted by atomic mass is 9.88. The second-order valence-corrected chi connectivity index (χ2v) is 13.3. The third kappa shape index (κ3) is 6.22. The monoisotopic (exact) mass is 776 g/mol. The lowest BCUT2D eigenvalue weighted by molar-refractivity contribution is -0.0192. The fourth-order valence-electron chi connectivity index (χ4n) is 6.85. The van der Waals surface area contributed by atoms with E-state index in [0.717, 1.165) is 48.5 Å². The van der Waals surface area contributed by atoms with Crippen LogP contribution >= 0.6 is 0 Å². The van der Waals surface area contributed by atoms with Crippen LogP contribution in [0.25, 0.3) is 0 Å². The smallest absolute Gasteiger partial charge is 0.338 e. The third-order valence-corrected chi connectivity index (χ3v) is 9.63. The number of benzene rings is 5. The largest absolute Gasteiger partial charge is 0.507 e. The molecule has 0 saturated carbocycles. The number of aromatic hydroxyl groups is 13. The maximum atomic E-state index is 13.3. The van der Waals surface area contributed by atoms with E-state index in [4.69, 9.17) is 14.2 Å². The van der Waals surface area contributed by atoms with Gasteiger partial charge >= 0.3 is 5.97 Å². The van der Waals surface area contributed by atoms with Crippen LogP contribution < -0.4 is 9.47 Å². The normalized spacial score (nSPS) is 18.6. The van der Waals surface area contributed by atoms with Gasteiger partial charge in [-0.3, -0.25) is 0 Å². The van der Waals surface area contributed by atoms with Gasteiger partial charge in [-0.1, -0.05) is 0 Å². The third-order valence-electron chi connectivity index (χ3n) is 9.63. The number of fused-ring (bicyclic) bond motifs is 2. The molecule has 0 bridgehead atoms. The van der Waals surface area contributed by atoms with Gasteiger partial charge in [0.05, 0.1) is 11.7 Å². The lowest BCUT2D eigenvalue weighted by Gasteiger charge is -2.36. The van der Waals surface area contributed by atoms with E-state index in [2.05, 4.69) is 0 Å². The molecule has 18 nitrogen and oxygen atoms in total. The first-order valence-corrected chi connectivity index (χ1v) is 16.5. The number of hydrogen-bond donors (Lipinski definition) is 14. The Hall–Kier alpha value is -7.47. The van der Waals surface area contributed by atoms with Crippen molar-refractivity contribution in [3.8, 4) is 86.2 Å². The summed E-state index contributed by atoms with van der Waals surface area (Å²) in [6.07, 6.45) is -6.84. The van der Waals surface area contributed by atoms with Crippen molar-refractivity contribution in [2.75, 3.05) is 0 Å². The molecule has 5 aromatic rings. The average molecular weight is 777 g/mol. The fraction of sp³-hybridized carbons (Fsp3) is 0.184. The van der Waals surface area contributed by atoms with Crippen molar-refractivity contribution in [2.45, 2.75) is 43.7 Å². The molecule has 2 aliphatic rings. The van der Waals surface area contributed by atoms with Gasteiger partial charge < -0.3 is 85.7 Å². The van der Waals surface area contributed by atoms with Gasteiger partial charge in [0.1, 0.15) is 40.6 Å². The molecule has 2 heterocycles. The van der Waals surface area contributed by atoms with Crippen molar-refractivity contribution in [1.82, 2.24) is 0 Å². The number of ether oxygens (including phenoxy) is 3. The van der Waals surface area contributed by atoms with Crippen LogP contribution in [-0.2, 0) is 24.0 Å². The zero-order valence-corrected chi connectivity index (χ0v) is 28.4. The molecule has 18 heteroatoms. The summed E-state index contributed by atoms with van der Waals surface area (Å²) in [5, 5.41) is 146. The SMILES string of the molecule is O=C(O[C@@H]1Cc2c(O)cc(O)c(Cc3c(O)cc(O)c4c3O[C@H](c3cc(O)c(O)c(O)c3)[C@H](O)C4)c2O[C@@H]1c1cc(O)c(O)c(O)c1)c1cc(O)c(O)c(O)c1. The molecule has 0 aliphatic carbocycles. The van der Waals surface area contributed by atoms with E-state index >= 15 is 0 Å². The fourth-order valence-corrected chi connectivity index (χ4v) is 6.85. The maximum Gasteiger partial charge on any atom is 0.338 e. The number of carbonyl (C=O) groups excluding carboxylic acids is 1. The average Bonchev–Trinajstić information content (AvgIpc) is 3.13. The van der Waals surface area contributed by atoms with Crippen molar-refractivity contribution in [3.05, 3.63) is 87.5 Å². The lowest BCUT2D eigenvalue weighted by Crippen LogP contribution is -2.35. The van der Waals surface area contributed by atoms with E-state index in [-0.39, 0.29) is 51.3 Å². The van der Waals surface area contributed by atoms with E-state index in [1.165, 1.54) is 0 Å². The molecule has 0 aromatic heterocycles. The molecule has 56 heavy (non-hydrogen) atoms. The molecule has 2 aliphatic heterocycles. The Morgan fingerprint density at radius 1 is 0.518 bits per heavy atom. The molecule has 5 aromatic carbocycles. The second kappa shape index (κ2) is 13.4. The van der Waals surface area contributed by atoms with Gasteiger partial charge in [0, 0.05) is 64.8 Å². The van der Waals surface area contributed by atoms with Gasteiger partial charge in [0.15, 0.2) is 64.0 Å². The number of aliphatic hydroxyl groups is 1. The zero-order valence-electron chi connectivity index (χ0n) is 28.4. The Kier molecular flexibility index (Phi) is 8.84. The Balaban J connectivity index is 1.32. The van der Waals surface area contributed by atoms with E-state index in [1.807, 2.05) is 0 Å². The highest BCUT2D eigenvalue weighted by Gasteiger charge is 2.41. The maximum absolute atomic E-state index is 13.3. The number of carbonyl (C=O) groups is 1. The highest BCUT2D eigenvalue weighted by Crippen LogP contribution is 2.52. The highest BCUT2D eigenvalue weighted by molar-refractivity contribution is 5.91. The molecule has 4 atom stereocenters. The standard InChI is InChI=1S/C38H32O18/c39-19-10-21(41)17-8-29(49)34(12-1-23(43)31(50)24(44)2-12)55-36(17)15(19)7-16-20(40)11-22(42)18-9-30(54-38(53)14-5-27(47)33(52)28(48)6-14)35(56-37(16)18)13-3-25(45)32(51)26(46)4-13/h1-6,10-11,29-30,34-35,39-52H,7-9H2/t29-,30-,34-,35-/m1/s1. The highest BCUT2D eigenvalue weighted by atomic mass is 16.6. The molecule has 7 rings (SSSR count). The summed E-state index contributed by atoms with van der Waals surface area (Å²) < 4.78 is 18.0. The number of aliphatic hydroxyl groups excluding tert-OH is 1. The van der Waals surface area contributed by atoms with Gasteiger partial charge in [-0.2, -0.15) is 0 Å². The Bertz CT molecular complexity index is 2370. The molecule has 0 unspecified atom stereocenters. The van der Waals surface area contributed by atoms with Crippen molar-refractivity contribution >= 4 is 5.97 Å². The first kappa shape index (κ1) is 36.9. The van der Waals surface area contributed by atoms with Crippen LogP contribution in [0.2, 0.25) is 0 Å². The summed E-state index contributed by atoms with van der Waals surface area (Å²) in [6.45, 7) is 0. The number of phenols is 13. The molecular weight excluding hydrogens is 744 g/mol. The summed E-state index contributed by atoms with van der Waals surface area (Å²) in [5.41, 5.74) is -0.785. The van der Waals surface area contributed by atoms with Crippen LogP contribution in [0.4, 0.5) is 0 Å². The summed E-state index contributed by atoms with van der Waals surface area (Å²) in [6, 6.07) is 7.53. The van der Waals surface area contributed by atoms with Crippen LogP contribution in [0.1, 0.15) is 55.9 Å². The van der Waals surface area contributed by atoms with E-state index in [1.54, 1.807) is 0 Å². The van der Waals surface area contributed by atoms with Crippen LogP contribution in [0.5, 0.6) is 86.2 Å². The van der Waals surface area contributed by atoms with Crippen LogP contribution in [-0.4, -0.2) is 89.7 Å². The molecule has 0 radical (unpaired) electrons. The molecule has 0 saturated heterocycles. The Morgan fingerprint density at radius 2 is 0.911 bits per heavy atom. The van der Waals surface area contributed by atoms with Gasteiger partial charge in [-0.05, 0) is 36.4 Å². The van der Waals surface area contributed by atoms with Crippen molar-refractivity contribution < 1.29 is 90.5 Å². The van der Waals surface area contributed by atoms with E-state index in [0.29, 0.717) is 0 Å². The topological polar surface area (TPSA) is 328 Å². The summed E-state index contributed by atoms with van der Waals surface area (Å²) >= 11 is 0. The predicted molar refractivity (Wildman–Crippen MR) is 186 cm³/mol. The van der Waals surface area contributed by atoms with Gasteiger partial charge in [0.25, 0.3) is 0 Å². The van der Waals surface area contributed by atoms with Crippen molar-refractivity contribution in [1.29, 1.82) is 0 Å². The van der Waals surface area contributed by atoms with Crippen LogP contribution in [0.15, 0.2) is 48.5 Å². The van der Waals surface area contributed by atoms with Crippen molar-refractivity contribution in [3.63, 3.8) is 0 Å². The number of esters is 1. The first-order valence-electron chi connectivity index (χ1n) is 16.5. The van der Waals surface area contributed by atoms with Crippen LogP contribution in [0.3, 0.4) is 0 Å². The summed E-state index contributed by atoms with van der Waals surface area (Å²) in [5.74, 6) is -11.2. The molecule has 0 amide bonds. The van der Waals surface area contributed by atoms with Gasteiger partial charge in [-0.25, -0.2) is 4.79 Å². The predicted octanol–water partition coefficient (Wildman–Crippen LogP) is 3.39. The number of phenolic OH excluding ortho intramolecular Hbond substituents is 13. The zero-order chi connectivity index (χ0) is 40.5. The van der Waals surface area contributed by atoms with Gasteiger partial charge in [0.2, 0.25) is 0 Å². The number of hydrogen-bond acceptors (Lipinski definition) is 18. The quantitative estimate of drug-likeness (QED) is 0.0868. The van der Waals surface area contributed by atoms with Gasteiger partial charge in [-0.15, -0.1) is 0 Å². The minimum absolute atomic E-state index is 0.000473. The van der Waals surface area contributed by atoms with E-state index in [9.17, 15) is 76.3 Å². The van der Waals surface area contributed by atoms with Crippen LogP contribution in [0, 0.1) is 0 Å². The summed E-state index contributed by atoms with van der Waals surface area (Å²) in [4.78, 5) is 13.3. The summed E-state index contributed by atoms with van der Waals surface area (Å²) in [7, 11) is 0.